The molecule has 2 unspecified atom stereocenters. The van der Waals surface area contributed by atoms with Crippen LogP contribution in [0.2, 0.25) is 0 Å². The summed E-state index contributed by atoms with van der Waals surface area (Å²) >= 11 is 3.34. The van der Waals surface area contributed by atoms with Crippen LogP contribution in [0.15, 0.2) is 40.5 Å². The Morgan fingerprint density at radius 2 is 2.00 bits per heavy atom. The number of hydrogen-bond donors (Lipinski definition) is 2. The van der Waals surface area contributed by atoms with Crippen molar-refractivity contribution in [2.45, 2.75) is 38.6 Å². The highest BCUT2D eigenvalue weighted by Gasteiger charge is 2.20. The van der Waals surface area contributed by atoms with Crippen molar-refractivity contribution in [3.8, 4) is 6.07 Å². The van der Waals surface area contributed by atoms with Gasteiger partial charge in [0.1, 0.15) is 11.6 Å². The SMILES string of the molecule is CC1CCCCC1N/C=C(/C#N)C(=O)Nc1ccc(Br)cc1. The Labute approximate surface area is 139 Å². The van der Waals surface area contributed by atoms with E-state index in [4.69, 9.17) is 0 Å². The van der Waals surface area contributed by atoms with Gasteiger partial charge in [0, 0.05) is 22.4 Å². The molecule has 1 amide bonds. The van der Waals surface area contributed by atoms with Crippen molar-refractivity contribution < 1.29 is 4.79 Å². The molecule has 4 nitrogen and oxygen atoms in total. The topological polar surface area (TPSA) is 64.9 Å². The molecule has 0 radical (unpaired) electrons. The van der Waals surface area contributed by atoms with E-state index in [1.807, 2.05) is 18.2 Å². The lowest BCUT2D eigenvalue weighted by Crippen LogP contribution is -2.34. The molecule has 0 heterocycles. The highest BCUT2D eigenvalue weighted by Crippen LogP contribution is 2.23. The fraction of sp³-hybridized carbons (Fsp3) is 0.412. The van der Waals surface area contributed by atoms with E-state index < -0.39 is 0 Å². The first-order valence-corrected chi connectivity index (χ1v) is 8.32. The zero-order valence-corrected chi connectivity index (χ0v) is 14.2. The van der Waals surface area contributed by atoms with Gasteiger partial charge >= 0.3 is 0 Å². The van der Waals surface area contributed by atoms with Gasteiger partial charge in [0.15, 0.2) is 0 Å². The number of nitriles is 1. The largest absolute Gasteiger partial charge is 0.387 e. The second kappa shape index (κ2) is 8.00. The summed E-state index contributed by atoms with van der Waals surface area (Å²) in [5.41, 5.74) is 0.765. The molecule has 5 heteroatoms. The van der Waals surface area contributed by atoms with Gasteiger partial charge in [-0.2, -0.15) is 5.26 Å². The molecule has 116 valence electrons. The Morgan fingerprint density at radius 1 is 1.32 bits per heavy atom. The average molecular weight is 362 g/mol. The normalized spacial score (nSPS) is 21.8. The Balaban J connectivity index is 1.97. The van der Waals surface area contributed by atoms with Gasteiger partial charge < -0.3 is 10.6 Å². The van der Waals surface area contributed by atoms with E-state index >= 15 is 0 Å². The maximum atomic E-state index is 12.1. The summed E-state index contributed by atoms with van der Waals surface area (Å²) in [6.45, 7) is 2.21. The van der Waals surface area contributed by atoms with Crippen molar-refractivity contribution in [1.82, 2.24) is 5.32 Å². The Bertz CT molecular complexity index is 589. The summed E-state index contributed by atoms with van der Waals surface area (Å²) in [5.74, 6) is 0.181. The summed E-state index contributed by atoms with van der Waals surface area (Å²) in [6.07, 6.45) is 6.30. The summed E-state index contributed by atoms with van der Waals surface area (Å²) in [6, 6.07) is 9.56. The third-order valence-corrected chi connectivity index (χ3v) is 4.55. The molecule has 0 aromatic heterocycles. The van der Waals surface area contributed by atoms with Crippen LogP contribution in [0.4, 0.5) is 5.69 Å². The van der Waals surface area contributed by atoms with Crippen molar-refractivity contribution in [2.75, 3.05) is 5.32 Å². The van der Waals surface area contributed by atoms with Gasteiger partial charge in [0.25, 0.3) is 5.91 Å². The molecule has 1 aromatic rings. The van der Waals surface area contributed by atoms with Gasteiger partial charge in [-0.25, -0.2) is 0 Å². The minimum Gasteiger partial charge on any atom is -0.387 e. The molecule has 1 aliphatic carbocycles. The van der Waals surface area contributed by atoms with Crippen LogP contribution in [0.25, 0.3) is 0 Å². The van der Waals surface area contributed by atoms with E-state index in [9.17, 15) is 10.1 Å². The highest BCUT2D eigenvalue weighted by molar-refractivity contribution is 9.10. The molecule has 1 fully saturated rings. The van der Waals surface area contributed by atoms with Gasteiger partial charge in [0.2, 0.25) is 0 Å². The minimum atomic E-state index is -0.388. The third-order valence-electron chi connectivity index (χ3n) is 4.02. The predicted molar refractivity (Wildman–Crippen MR) is 91.0 cm³/mol. The van der Waals surface area contributed by atoms with Crippen LogP contribution in [0.5, 0.6) is 0 Å². The van der Waals surface area contributed by atoms with Gasteiger partial charge in [-0.3, -0.25) is 4.79 Å². The molecule has 0 bridgehead atoms. The van der Waals surface area contributed by atoms with Gasteiger partial charge in [-0.15, -0.1) is 0 Å². The number of amides is 1. The molecule has 1 aliphatic rings. The van der Waals surface area contributed by atoms with Crippen LogP contribution in [-0.4, -0.2) is 11.9 Å². The third kappa shape index (κ3) is 4.60. The molecule has 0 spiro atoms. The highest BCUT2D eigenvalue weighted by atomic mass is 79.9. The number of nitrogens with zero attached hydrogens (tertiary/aromatic N) is 1. The van der Waals surface area contributed by atoms with Crippen molar-refractivity contribution in [1.29, 1.82) is 5.26 Å². The Morgan fingerprint density at radius 3 is 2.64 bits per heavy atom. The number of hydrogen-bond acceptors (Lipinski definition) is 3. The molecule has 2 N–H and O–H groups in total. The van der Waals surface area contributed by atoms with Crippen molar-refractivity contribution in [3.63, 3.8) is 0 Å². The van der Waals surface area contributed by atoms with Gasteiger partial charge in [-0.05, 0) is 43.0 Å². The molecule has 2 atom stereocenters. The number of halogens is 1. The molecule has 1 saturated carbocycles. The lowest BCUT2D eigenvalue weighted by Gasteiger charge is -2.29. The average Bonchev–Trinajstić information content (AvgIpc) is 2.52. The smallest absolute Gasteiger partial charge is 0.267 e. The van der Waals surface area contributed by atoms with E-state index in [0.717, 1.165) is 10.9 Å². The van der Waals surface area contributed by atoms with E-state index in [2.05, 4.69) is 33.5 Å². The molecule has 1 aromatic carbocycles. The van der Waals surface area contributed by atoms with Gasteiger partial charge in [-0.1, -0.05) is 35.7 Å². The monoisotopic (exact) mass is 361 g/mol. The first-order valence-electron chi connectivity index (χ1n) is 7.53. The first kappa shape index (κ1) is 16.6. The Kier molecular flexibility index (Phi) is 6.02. The van der Waals surface area contributed by atoms with Crippen LogP contribution in [0.3, 0.4) is 0 Å². The number of carbonyl (C=O) groups excluding carboxylic acids is 1. The summed E-state index contributed by atoms with van der Waals surface area (Å²) in [7, 11) is 0. The minimum absolute atomic E-state index is 0.0979. The van der Waals surface area contributed by atoms with Crippen LogP contribution in [0, 0.1) is 17.2 Å². The lowest BCUT2D eigenvalue weighted by molar-refractivity contribution is -0.112. The van der Waals surface area contributed by atoms with Crippen molar-refractivity contribution in [3.05, 3.63) is 40.5 Å². The number of benzene rings is 1. The van der Waals surface area contributed by atoms with Crippen molar-refractivity contribution >= 4 is 27.5 Å². The molecule has 2 rings (SSSR count). The zero-order chi connectivity index (χ0) is 15.9. The molecule has 22 heavy (non-hydrogen) atoms. The van der Waals surface area contributed by atoms with Crippen LogP contribution in [-0.2, 0) is 4.79 Å². The fourth-order valence-electron chi connectivity index (χ4n) is 2.63. The maximum Gasteiger partial charge on any atom is 0.267 e. The fourth-order valence-corrected chi connectivity index (χ4v) is 2.90. The first-order chi connectivity index (χ1) is 10.6. The maximum absolute atomic E-state index is 12.1. The van der Waals surface area contributed by atoms with Crippen LogP contribution < -0.4 is 10.6 Å². The number of rotatable bonds is 4. The molecular formula is C17H20BrN3O. The van der Waals surface area contributed by atoms with Crippen LogP contribution in [0.1, 0.15) is 32.6 Å². The second-order valence-electron chi connectivity index (χ2n) is 5.67. The van der Waals surface area contributed by atoms with Crippen molar-refractivity contribution in [2.24, 2.45) is 5.92 Å². The van der Waals surface area contributed by atoms with E-state index in [1.54, 1.807) is 18.3 Å². The number of anilines is 1. The van der Waals surface area contributed by atoms with E-state index in [-0.39, 0.29) is 11.5 Å². The Hall–Kier alpha value is -1.80. The van der Waals surface area contributed by atoms with E-state index in [0.29, 0.717) is 17.6 Å². The molecule has 0 aliphatic heterocycles. The lowest BCUT2D eigenvalue weighted by atomic mass is 9.86. The quantitative estimate of drug-likeness (QED) is 0.629. The van der Waals surface area contributed by atoms with Gasteiger partial charge in [0.05, 0.1) is 0 Å². The van der Waals surface area contributed by atoms with E-state index in [1.165, 1.54) is 19.3 Å². The predicted octanol–water partition coefficient (Wildman–Crippen LogP) is 3.96. The summed E-state index contributed by atoms with van der Waals surface area (Å²) < 4.78 is 0.939. The summed E-state index contributed by atoms with van der Waals surface area (Å²) in [5, 5.41) is 15.2. The zero-order valence-electron chi connectivity index (χ0n) is 12.6. The summed E-state index contributed by atoms with van der Waals surface area (Å²) in [4.78, 5) is 12.1. The molecule has 0 saturated heterocycles. The van der Waals surface area contributed by atoms with Crippen LogP contribution >= 0.6 is 15.9 Å². The number of carbonyl (C=O) groups is 1. The standard InChI is InChI=1S/C17H20BrN3O/c1-12-4-2-3-5-16(12)20-11-13(10-19)17(22)21-15-8-6-14(18)7-9-15/h6-9,11-12,16,20H,2-5H2,1H3,(H,21,22)/b13-11-. The second-order valence-corrected chi connectivity index (χ2v) is 6.58. The molecular weight excluding hydrogens is 342 g/mol. The number of nitrogens with one attached hydrogen (secondary N) is 2.